The summed E-state index contributed by atoms with van der Waals surface area (Å²) in [5.41, 5.74) is 0. The first-order chi connectivity index (χ1) is 22.7. The summed E-state index contributed by atoms with van der Waals surface area (Å²) in [6.45, 7) is 6.87. The predicted molar refractivity (Wildman–Crippen MR) is 203 cm³/mol. The molecule has 0 aromatic heterocycles. The average Bonchev–Trinajstić information content (AvgIpc) is 3.03. The normalized spacial score (nSPS) is 14.1. The van der Waals surface area contributed by atoms with Gasteiger partial charge in [0.15, 0.2) is 0 Å². The van der Waals surface area contributed by atoms with Crippen molar-refractivity contribution in [2.24, 2.45) is 0 Å². The molecule has 6 nitrogen and oxygen atoms in total. The van der Waals surface area contributed by atoms with E-state index < -0.39 is 7.60 Å². The minimum Gasteiger partial charge on any atom is -0.778 e. The molecular formula is C40H84NO5P. The van der Waals surface area contributed by atoms with Crippen molar-refractivity contribution in [3.05, 3.63) is 0 Å². The highest BCUT2D eigenvalue weighted by atomic mass is 31.2. The smallest absolute Gasteiger partial charge is 0.140 e. The highest BCUT2D eigenvalue weighted by Crippen LogP contribution is 2.37. The van der Waals surface area contributed by atoms with Gasteiger partial charge in [-0.1, -0.05) is 181 Å². The molecule has 1 unspecified atom stereocenters. The minimum absolute atomic E-state index is 0.0437. The molecule has 0 aliphatic rings. The number of nitrogens with zero attached hydrogens (tertiary/aromatic N) is 1. The number of rotatable bonds is 39. The van der Waals surface area contributed by atoms with Gasteiger partial charge in [0, 0.05) is 13.2 Å². The largest absolute Gasteiger partial charge is 0.778 e. The van der Waals surface area contributed by atoms with Crippen molar-refractivity contribution in [3.63, 3.8) is 0 Å². The Morgan fingerprint density at radius 3 is 1.21 bits per heavy atom. The van der Waals surface area contributed by atoms with Crippen LogP contribution in [-0.4, -0.2) is 70.9 Å². The molecule has 0 radical (unpaired) electrons. The maximum Gasteiger partial charge on any atom is 0.140 e. The van der Waals surface area contributed by atoms with Crippen LogP contribution in [0.25, 0.3) is 0 Å². The van der Waals surface area contributed by atoms with Crippen molar-refractivity contribution in [1.29, 1.82) is 0 Å². The maximum absolute atomic E-state index is 12.5. The molecule has 0 bridgehead atoms. The Kier molecular flexibility index (Phi) is 34.5. The Bertz CT molecular complexity index is 671. The van der Waals surface area contributed by atoms with E-state index in [0.717, 1.165) is 19.3 Å². The van der Waals surface area contributed by atoms with Gasteiger partial charge in [-0.05, 0) is 12.8 Å². The van der Waals surface area contributed by atoms with Crippen LogP contribution in [-0.2, 0) is 18.6 Å². The molecular weight excluding hydrogens is 605 g/mol. The molecule has 0 aromatic rings. The topological polar surface area (TPSA) is 67.8 Å². The van der Waals surface area contributed by atoms with Crippen LogP contribution in [0.4, 0.5) is 0 Å². The van der Waals surface area contributed by atoms with Crippen LogP contribution >= 0.6 is 7.60 Å². The molecule has 284 valence electrons. The standard InChI is InChI=1S/C40H84NO5P/c1-6-8-10-12-14-16-18-20-22-24-26-28-30-32-35-44-38-40(39-46-47(42,43)37-34-41(3,4)5)45-36-33-31-29-27-25-23-21-19-17-15-13-11-9-7-2/h40H,6-39H2,1-5H3/t40-/m0/s1. The second-order valence-electron chi connectivity index (χ2n) is 15.4. The molecule has 7 heteroatoms. The number of hydrogen-bond donors (Lipinski definition) is 0. The third kappa shape index (κ3) is 38.7. The molecule has 0 saturated carbocycles. The maximum atomic E-state index is 12.5. The van der Waals surface area contributed by atoms with E-state index in [0.29, 0.717) is 30.8 Å². The molecule has 0 aliphatic heterocycles. The lowest BCUT2D eigenvalue weighted by Crippen LogP contribution is -2.38. The van der Waals surface area contributed by atoms with Gasteiger partial charge in [0.25, 0.3) is 0 Å². The van der Waals surface area contributed by atoms with Crippen LogP contribution < -0.4 is 4.89 Å². The lowest BCUT2D eigenvalue weighted by Gasteiger charge is -2.30. The molecule has 47 heavy (non-hydrogen) atoms. The van der Waals surface area contributed by atoms with Crippen LogP contribution in [0, 0.1) is 0 Å². The minimum atomic E-state index is -3.89. The van der Waals surface area contributed by atoms with Crippen molar-refractivity contribution >= 4 is 7.60 Å². The van der Waals surface area contributed by atoms with E-state index in [2.05, 4.69) is 13.8 Å². The van der Waals surface area contributed by atoms with Gasteiger partial charge in [0.2, 0.25) is 0 Å². The van der Waals surface area contributed by atoms with E-state index >= 15 is 0 Å². The monoisotopic (exact) mass is 690 g/mol. The summed E-state index contributed by atoms with van der Waals surface area (Å²) in [5, 5.41) is 0. The fraction of sp³-hybridized carbons (Fsp3) is 1.00. The molecule has 0 fully saturated rings. The first kappa shape index (κ1) is 47.0. The quantitative estimate of drug-likeness (QED) is 0.0365. The molecule has 0 spiro atoms. The van der Waals surface area contributed by atoms with E-state index in [-0.39, 0.29) is 18.9 Å². The van der Waals surface area contributed by atoms with Crippen molar-refractivity contribution in [3.8, 4) is 0 Å². The second-order valence-corrected chi connectivity index (χ2v) is 17.3. The third-order valence-corrected chi connectivity index (χ3v) is 10.6. The van der Waals surface area contributed by atoms with E-state index in [1.807, 2.05) is 21.1 Å². The number of unbranched alkanes of at least 4 members (excludes halogenated alkanes) is 26. The zero-order valence-electron chi connectivity index (χ0n) is 32.6. The second kappa shape index (κ2) is 34.5. The molecule has 0 aliphatic carbocycles. The zero-order chi connectivity index (χ0) is 34.7. The highest BCUT2D eigenvalue weighted by Gasteiger charge is 2.18. The first-order valence-electron chi connectivity index (χ1n) is 20.6. The van der Waals surface area contributed by atoms with Gasteiger partial charge in [-0.25, -0.2) is 0 Å². The molecule has 0 saturated heterocycles. The fourth-order valence-corrected chi connectivity index (χ4v) is 7.36. The van der Waals surface area contributed by atoms with E-state index in [1.54, 1.807) is 0 Å². The van der Waals surface area contributed by atoms with Gasteiger partial charge in [-0.15, -0.1) is 0 Å². The number of hydrogen-bond acceptors (Lipinski definition) is 5. The molecule has 0 aromatic carbocycles. The number of ether oxygens (including phenoxy) is 2. The summed E-state index contributed by atoms with van der Waals surface area (Å²) >= 11 is 0. The first-order valence-corrected chi connectivity index (χ1v) is 22.4. The Labute approximate surface area is 295 Å². The van der Waals surface area contributed by atoms with Gasteiger partial charge in [-0.3, -0.25) is 0 Å². The number of quaternary nitrogens is 1. The molecule has 2 atom stereocenters. The van der Waals surface area contributed by atoms with Gasteiger partial charge >= 0.3 is 0 Å². The van der Waals surface area contributed by atoms with Crippen molar-refractivity contribution in [2.45, 2.75) is 200 Å². The summed E-state index contributed by atoms with van der Waals surface area (Å²) in [5.74, 6) is 0. The van der Waals surface area contributed by atoms with Crippen LogP contribution in [0.3, 0.4) is 0 Å². The summed E-state index contributed by atoms with van der Waals surface area (Å²) in [6.07, 6.45) is 37.1. The summed E-state index contributed by atoms with van der Waals surface area (Å²) in [4.78, 5) is 12.5. The fourth-order valence-electron chi connectivity index (χ4n) is 5.99. The molecule has 0 amide bonds. The van der Waals surface area contributed by atoms with Gasteiger partial charge in [-0.2, -0.15) is 0 Å². The van der Waals surface area contributed by atoms with Crippen molar-refractivity contribution in [1.82, 2.24) is 0 Å². The van der Waals surface area contributed by atoms with Crippen molar-refractivity contribution < 1.29 is 27.9 Å². The van der Waals surface area contributed by atoms with Gasteiger partial charge < -0.3 is 27.9 Å². The third-order valence-electron chi connectivity index (χ3n) is 9.30. The molecule has 0 rings (SSSR count). The SMILES string of the molecule is CCCCCCCCCCCCCCCCOC[C@@H](COP(=O)([O-])CC[N+](C)(C)C)OCCCCCCCCCCCCCCCC. The summed E-state index contributed by atoms with van der Waals surface area (Å²) < 4.78 is 30.6. The van der Waals surface area contributed by atoms with Crippen LogP contribution in [0.1, 0.15) is 194 Å². The van der Waals surface area contributed by atoms with E-state index in [4.69, 9.17) is 14.0 Å². The summed E-state index contributed by atoms with van der Waals surface area (Å²) in [7, 11) is 2.09. The van der Waals surface area contributed by atoms with Crippen LogP contribution in [0.5, 0.6) is 0 Å². The zero-order valence-corrected chi connectivity index (χ0v) is 33.4. The Balaban J connectivity index is 4.04. The average molecular weight is 690 g/mol. The van der Waals surface area contributed by atoms with E-state index in [9.17, 15) is 9.46 Å². The van der Waals surface area contributed by atoms with Gasteiger partial charge in [0.1, 0.15) is 13.7 Å². The highest BCUT2D eigenvalue weighted by molar-refractivity contribution is 7.51. The lowest BCUT2D eigenvalue weighted by molar-refractivity contribution is -0.868. The van der Waals surface area contributed by atoms with E-state index in [1.165, 1.54) is 161 Å². The summed E-state index contributed by atoms with van der Waals surface area (Å²) in [6, 6.07) is 0. The van der Waals surface area contributed by atoms with Gasteiger partial charge in [0.05, 0.1) is 47.1 Å². The van der Waals surface area contributed by atoms with Crippen molar-refractivity contribution in [2.75, 3.05) is 60.3 Å². The van der Waals surface area contributed by atoms with Crippen LogP contribution in [0.2, 0.25) is 0 Å². The molecule has 0 heterocycles. The Hall–Kier alpha value is 0.0300. The van der Waals surface area contributed by atoms with Crippen LogP contribution in [0.15, 0.2) is 0 Å². The lowest BCUT2D eigenvalue weighted by atomic mass is 10.0. The Morgan fingerprint density at radius 2 is 0.851 bits per heavy atom. The Morgan fingerprint density at radius 1 is 0.511 bits per heavy atom. The molecule has 0 N–H and O–H groups in total. The predicted octanol–water partition coefficient (Wildman–Crippen LogP) is 11.6.